The quantitative estimate of drug-likeness (QED) is 0.730. The first-order valence-electron chi connectivity index (χ1n) is 6.50. The van der Waals surface area contributed by atoms with Crippen LogP contribution in [0.3, 0.4) is 0 Å². The molecule has 0 saturated heterocycles. The first kappa shape index (κ1) is 14.7. The molecule has 1 unspecified atom stereocenters. The molecule has 18 heavy (non-hydrogen) atoms. The molecule has 0 heterocycles. The van der Waals surface area contributed by atoms with Gasteiger partial charge in [-0.05, 0) is 50.9 Å². The fraction of sp³-hybridized carbons (Fsp3) is 0.533. The average molecular weight is 249 g/mol. The van der Waals surface area contributed by atoms with Crippen molar-refractivity contribution in [2.45, 2.75) is 33.6 Å². The maximum Gasteiger partial charge on any atom is 0.306 e. The van der Waals surface area contributed by atoms with E-state index in [1.807, 2.05) is 0 Å². The van der Waals surface area contributed by atoms with Crippen molar-refractivity contribution in [2.75, 3.05) is 13.1 Å². The van der Waals surface area contributed by atoms with E-state index in [1.165, 1.54) is 16.7 Å². The van der Waals surface area contributed by atoms with Gasteiger partial charge in [0.05, 0.1) is 5.92 Å². The van der Waals surface area contributed by atoms with Crippen LogP contribution in [0.25, 0.3) is 0 Å². The van der Waals surface area contributed by atoms with Crippen molar-refractivity contribution in [2.24, 2.45) is 5.92 Å². The Bertz CT molecular complexity index is 401. The number of aliphatic carboxylic acids is 1. The third-order valence-electron chi connectivity index (χ3n) is 3.24. The van der Waals surface area contributed by atoms with Crippen LogP contribution in [0.15, 0.2) is 18.2 Å². The molecule has 1 aromatic carbocycles. The average Bonchev–Trinajstić information content (AvgIpc) is 2.30. The van der Waals surface area contributed by atoms with E-state index < -0.39 is 5.97 Å². The van der Waals surface area contributed by atoms with Crippen molar-refractivity contribution < 1.29 is 9.90 Å². The molecule has 0 bridgehead atoms. The van der Waals surface area contributed by atoms with Crippen molar-refractivity contribution in [3.63, 3.8) is 0 Å². The van der Waals surface area contributed by atoms with Gasteiger partial charge >= 0.3 is 5.97 Å². The summed E-state index contributed by atoms with van der Waals surface area (Å²) < 4.78 is 0. The second-order valence-corrected chi connectivity index (χ2v) is 4.96. The molecule has 0 aliphatic carbocycles. The number of carboxylic acids is 1. The van der Waals surface area contributed by atoms with Crippen LogP contribution in [0.5, 0.6) is 0 Å². The molecule has 0 fully saturated rings. The molecule has 0 aromatic heterocycles. The van der Waals surface area contributed by atoms with Gasteiger partial charge in [-0.2, -0.15) is 0 Å². The predicted octanol–water partition coefficient (Wildman–Crippen LogP) is 2.55. The number of hydrogen-bond donors (Lipinski definition) is 2. The van der Waals surface area contributed by atoms with E-state index in [-0.39, 0.29) is 5.92 Å². The molecule has 3 nitrogen and oxygen atoms in total. The lowest BCUT2D eigenvalue weighted by atomic mass is 10.0. The summed E-state index contributed by atoms with van der Waals surface area (Å²) in [5.41, 5.74) is 3.98. The second-order valence-electron chi connectivity index (χ2n) is 4.96. The topological polar surface area (TPSA) is 49.3 Å². The summed E-state index contributed by atoms with van der Waals surface area (Å²) in [6.07, 6.45) is 1.68. The summed E-state index contributed by atoms with van der Waals surface area (Å²) in [6.45, 7) is 7.64. The number of nitrogens with one attached hydrogen (secondary N) is 1. The Morgan fingerprint density at radius 1 is 1.33 bits per heavy atom. The maximum absolute atomic E-state index is 10.6. The van der Waals surface area contributed by atoms with Crippen LogP contribution in [0, 0.1) is 19.8 Å². The van der Waals surface area contributed by atoms with Gasteiger partial charge in [-0.1, -0.05) is 30.7 Å². The van der Waals surface area contributed by atoms with Gasteiger partial charge in [-0.25, -0.2) is 0 Å². The van der Waals surface area contributed by atoms with Crippen LogP contribution in [0.1, 0.15) is 30.0 Å². The van der Waals surface area contributed by atoms with Crippen LogP contribution in [-0.2, 0) is 11.2 Å². The number of aryl methyl sites for hydroxylation is 2. The van der Waals surface area contributed by atoms with Gasteiger partial charge in [0.15, 0.2) is 0 Å². The monoisotopic (exact) mass is 249 g/mol. The second kappa shape index (κ2) is 7.17. The summed E-state index contributed by atoms with van der Waals surface area (Å²) in [6, 6.07) is 6.50. The molecule has 0 spiro atoms. The molecule has 1 aromatic rings. The van der Waals surface area contributed by atoms with Crippen LogP contribution >= 0.6 is 0 Å². The number of rotatable bonds is 7. The Morgan fingerprint density at radius 2 is 2.06 bits per heavy atom. The first-order chi connectivity index (χ1) is 8.50. The molecule has 1 rings (SSSR count). The van der Waals surface area contributed by atoms with Gasteiger partial charge < -0.3 is 10.4 Å². The Morgan fingerprint density at radius 3 is 2.67 bits per heavy atom. The number of carboxylic acid groups (broad SMARTS) is 1. The van der Waals surface area contributed by atoms with Crippen LogP contribution in [-0.4, -0.2) is 24.2 Å². The lowest BCUT2D eigenvalue weighted by Gasteiger charge is -2.09. The number of benzene rings is 1. The Balaban J connectivity index is 2.24. The Hall–Kier alpha value is -1.35. The molecule has 0 amide bonds. The van der Waals surface area contributed by atoms with Crippen LogP contribution in [0.4, 0.5) is 0 Å². The standard InChI is InChI=1S/C15H23NO2/c1-11-4-5-14(13(3)10-11)7-9-16-8-6-12(2)15(17)18/h4-5,10,12,16H,6-9H2,1-3H3,(H,17,18). The minimum atomic E-state index is -0.717. The Kier molecular flexibility index (Phi) is 5.86. The molecule has 0 aliphatic rings. The summed E-state index contributed by atoms with van der Waals surface area (Å²) in [7, 11) is 0. The third kappa shape index (κ3) is 4.88. The van der Waals surface area contributed by atoms with Crippen LogP contribution in [0.2, 0.25) is 0 Å². The number of carbonyl (C=O) groups is 1. The SMILES string of the molecule is Cc1ccc(CCNCCC(C)C(=O)O)c(C)c1. The third-order valence-corrected chi connectivity index (χ3v) is 3.24. The van der Waals surface area contributed by atoms with Crippen LogP contribution < -0.4 is 5.32 Å². The van der Waals surface area contributed by atoms with E-state index in [9.17, 15) is 4.79 Å². The summed E-state index contributed by atoms with van der Waals surface area (Å²) >= 11 is 0. The van der Waals surface area contributed by atoms with Gasteiger partial charge in [0.2, 0.25) is 0 Å². The fourth-order valence-corrected chi connectivity index (χ4v) is 1.92. The molecule has 0 saturated carbocycles. The van der Waals surface area contributed by atoms with Crippen molar-refractivity contribution in [3.05, 3.63) is 34.9 Å². The van der Waals surface area contributed by atoms with Gasteiger partial charge in [0, 0.05) is 0 Å². The van der Waals surface area contributed by atoms with E-state index in [0.717, 1.165) is 19.5 Å². The summed E-state index contributed by atoms with van der Waals surface area (Å²) in [4.78, 5) is 10.6. The van der Waals surface area contributed by atoms with Gasteiger partial charge in [0.25, 0.3) is 0 Å². The smallest absolute Gasteiger partial charge is 0.306 e. The largest absolute Gasteiger partial charge is 0.481 e. The maximum atomic E-state index is 10.6. The minimum absolute atomic E-state index is 0.265. The van der Waals surface area contributed by atoms with Gasteiger partial charge in [-0.3, -0.25) is 4.79 Å². The number of hydrogen-bond acceptors (Lipinski definition) is 2. The fourth-order valence-electron chi connectivity index (χ4n) is 1.92. The first-order valence-corrected chi connectivity index (χ1v) is 6.50. The van der Waals surface area contributed by atoms with Crippen molar-refractivity contribution in [3.8, 4) is 0 Å². The zero-order valence-corrected chi connectivity index (χ0v) is 11.5. The summed E-state index contributed by atoms with van der Waals surface area (Å²) in [5.74, 6) is -0.982. The summed E-state index contributed by atoms with van der Waals surface area (Å²) in [5, 5.41) is 12.0. The van der Waals surface area contributed by atoms with E-state index >= 15 is 0 Å². The van der Waals surface area contributed by atoms with Gasteiger partial charge in [-0.15, -0.1) is 0 Å². The zero-order chi connectivity index (χ0) is 13.5. The molecule has 100 valence electrons. The highest BCUT2D eigenvalue weighted by atomic mass is 16.4. The molecule has 2 N–H and O–H groups in total. The molecule has 0 aliphatic heterocycles. The van der Waals surface area contributed by atoms with Crippen molar-refractivity contribution in [1.82, 2.24) is 5.32 Å². The lowest BCUT2D eigenvalue weighted by Crippen LogP contribution is -2.22. The van der Waals surface area contributed by atoms with E-state index in [4.69, 9.17) is 5.11 Å². The van der Waals surface area contributed by atoms with E-state index in [0.29, 0.717) is 6.42 Å². The zero-order valence-electron chi connectivity index (χ0n) is 11.5. The Labute approximate surface area is 109 Å². The predicted molar refractivity (Wildman–Crippen MR) is 73.9 cm³/mol. The van der Waals surface area contributed by atoms with E-state index in [1.54, 1.807) is 6.92 Å². The highest BCUT2D eigenvalue weighted by molar-refractivity contribution is 5.69. The van der Waals surface area contributed by atoms with Crippen molar-refractivity contribution in [1.29, 1.82) is 0 Å². The molecule has 3 heteroatoms. The molecular weight excluding hydrogens is 226 g/mol. The van der Waals surface area contributed by atoms with E-state index in [2.05, 4.69) is 37.4 Å². The lowest BCUT2D eigenvalue weighted by molar-refractivity contribution is -0.141. The van der Waals surface area contributed by atoms with Crippen molar-refractivity contribution >= 4 is 5.97 Å². The highest BCUT2D eigenvalue weighted by Crippen LogP contribution is 2.10. The molecule has 0 radical (unpaired) electrons. The normalized spacial score (nSPS) is 12.4. The van der Waals surface area contributed by atoms with Gasteiger partial charge in [0.1, 0.15) is 0 Å². The highest BCUT2D eigenvalue weighted by Gasteiger charge is 2.09. The molecular formula is C15H23NO2. The minimum Gasteiger partial charge on any atom is -0.481 e. The molecule has 1 atom stereocenters.